The highest BCUT2D eigenvalue weighted by molar-refractivity contribution is 6.04. The molecule has 0 spiro atoms. The summed E-state index contributed by atoms with van der Waals surface area (Å²) in [6.45, 7) is 2.47. The summed E-state index contributed by atoms with van der Waals surface area (Å²) in [7, 11) is 1.56. The topological polar surface area (TPSA) is 81.7 Å². The maximum Gasteiger partial charge on any atom is 0.336 e. The zero-order valence-corrected chi connectivity index (χ0v) is 11.6. The number of ether oxygens (including phenoxy) is 2. The van der Waals surface area contributed by atoms with Crippen LogP contribution in [0.5, 0.6) is 5.75 Å². The molecule has 6 nitrogen and oxygen atoms in total. The van der Waals surface area contributed by atoms with Crippen molar-refractivity contribution in [3.63, 3.8) is 0 Å². The van der Waals surface area contributed by atoms with Crippen molar-refractivity contribution in [3.05, 3.63) is 29.8 Å². The van der Waals surface area contributed by atoms with E-state index >= 15 is 0 Å². The maximum atomic E-state index is 11.7. The van der Waals surface area contributed by atoms with E-state index in [1.165, 1.54) is 13.8 Å². The molecule has 0 saturated heterocycles. The molecule has 1 atom stereocenters. The lowest BCUT2D eigenvalue weighted by Gasteiger charge is -2.14. The fraction of sp³-hybridized carbons (Fsp3) is 0.357. The minimum atomic E-state index is -1.26. The van der Waals surface area contributed by atoms with E-state index in [-0.39, 0.29) is 6.61 Å². The van der Waals surface area contributed by atoms with E-state index in [0.29, 0.717) is 5.75 Å². The fourth-order valence-corrected chi connectivity index (χ4v) is 1.49. The van der Waals surface area contributed by atoms with Gasteiger partial charge in [-0.2, -0.15) is 0 Å². The first-order valence-corrected chi connectivity index (χ1v) is 6.01. The molecule has 1 aromatic carbocycles. The van der Waals surface area contributed by atoms with Gasteiger partial charge in [-0.1, -0.05) is 12.1 Å². The molecule has 1 amide bonds. The standard InChI is InChI=1S/C14H17NO5/c1-9(16)13(15-10(2)17)14(18)20-8-11-4-6-12(19-3)7-5-11/h4-7,13H,8H2,1-3H3,(H,15,17). The second-order valence-corrected chi connectivity index (χ2v) is 4.20. The van der Waals surface area contributed by atoms with Gasteiger partial charge in [0.2, 0.25) is 5.91 Å². The number of carbonyl (C=O) groups is 3. The number of amides is 1. The summed E-state index contributed by atoms with van der Waals surface area (Å²) in [6, 6.07) is 5.70. The number of esters is 1. The van der Waals surface area contributed by atoms with Crippen molar-refractivity contribution in [2.24, 2.45) is 0 Å². The molecule has 1 N–H and O–H groups in total. The smallest absolute Gasteiger partial charge is 0.336 e. The Kier molecular flexibility index (Phi) is 5.71. The van der Waals surface area contributed by atoms with Crippen LogP contribution < -0.4 is 10.1 Å². The van der Waals surface area contributed by atoms with Crippen LogP contribution in [-0.4, -0.2) is 30.8 Å². The van der Waals surface area contributed by atoms with Gasteiger partial charge in [-0.15, -0.1) is 0 Å². The summed E-state index contributed by atoms with van der Waals surface area (Å²) >= 11 is 0. The van der Waals surface area contributed by atoms with Crippen LogP contribution in [0, 0.1) is 0 Å². The van der Waals surface area contributed by atoms with E-state index in [2.05, 4.69) is 5.32 Å². The monoisotopic (exact) mass is 279 g/mol. The van der Waals surface area contributed by atoms with Gasteiger partial charge in [0.15, 0.2) is 11.8 Å². The van der Waals surface area contributed by atoms with Gasteiger partial charge in [0.25, 0.3) is 0 Å². The average Bonchev–Trinajstić information content (AvgIpc) is 2.42. The van der Waals surface area contributed by atoms with Crippen LogP contribution in [-0.2, 0) is 25.7 Å². The Labute approximate surface area is 117 Å². The third-order valence-corrected chi connectivity index (χ3v) is 2.53. The van der Waals surface area contributed by atoms with Crippen molar-refractivity contribution >= 4 is 17.7 Å². The Bertz CT molecular complexity index is 495. The van der Waals surface area contributed by atoms with Gasteiger partial charge in [0.05, 0.1) is 7.11 Å². The van der Waals surface area contributed by atoms with Crippen LogP contribution in [0.2, 0.25) is 0 Å². The lowest BCUT2D eigenvalue weighted by Crippen LogP contribution is -2.45. The number of hydrogen-bond donors (Lipinski definition) is 1. The van der Waals surface area contributed by atoms with Crippen LogP contribution in [0.25, 0.3) is 0 Å². The minimum absolute atomic E-state index is 0.0200. The van der Waals surface area contributed by atoms with E-state index in [1.54, 1.807) is 31.4 Å². The second kappa shape index (κ2) is 7.28. The Morgan fingerprint density at radius 3 is 2.20 bits per heavy atom. The number of hydrogen-bond acceptors (Lipinski definition) is 5. The first-order chi connectivity index (χ1) is 9.43. The number of methoxy groups -OCH3 is 1. The summed E-state index contributed by atoms with van der Waals surface area (Å²) in [5.41, 5.74) is 0.754. The van der Waals surface area contributed by atoms with Crippen LogP contribution in [0.3, 0.4) is 0 Å². The lowest BCUT2D eigenvalue weighted by molar-refractivity contribution is -0.151. The molecule has 0 aliphatic carbocycles. The maximum absolute atomic E-state index is 11.7. The molecule has 0 radical (unpaired) electrons. The molecule has 1 aromatic rings. The van der Waals surface area contributed by atoms with Gasteiger partial charge in [-0.25, -0.2) is 4.79 Å². The second-order valence-electron chi connectivity index (χ2n) is 4.20. The van der Waals surface area contributed by atoms with Gasteiger partial charge < -0.3 is 14.8 Å². The Morgan fingerprint density at radius 1 is 1.15 bits per heavy atom. The van der Waals surface area contributed by atoms with Crippen molar-refractivity contribution in [3.8, 4) is 5.75 Å². The molecule has 108 valence electrons. The molecule has 6 heteroatoms. The molecule has 0 aliphatic heterocycles. The van der Waals surface area contributed by atoms with E-state index in [0.717, 1.165) is 5.56 Å². The molecule has 1 unspecified atom stereocenters. The first kappa shape index (κ1) is 15.7. The average molecular weight is 279 g/mol. The van der Waals surface area contributed by atoms with E-state index < -0.39 is 23.7 Å². The molecule has 1 rings (SSSR count). The van der Waals surface area contributed by atoms with Crippen LogP contribution in [0.4, 0.5) is 0 Å². The molecule has 0 bridgehead atoms. The van der Waals surface area contributed by atoms with Gasteiger partial charge in [-0.05, 0) is 24.6 Å². The number of ketones is 1. The molecule has 0 aliphatic rings. The number of Topliss-reactive ketones (excluding diaryl/α,β-unsaturated/α-hetero) is 1. The zero-order valence-electron chi connectivity index (χ0n) is 11.6. The first-order valence-electron chi connectivity index (χ1n) is 6.01. The minimum Gasteiger partial charge on any atom is -0.497 e. The molecule has 0 heterocycles. The number of nitrogens with one attached hydrogen (secondary N) is 1. The van der Waals surface area contributed by atoms with Gasteiger partial charge in [0, 0.05) is 6.92 Å². The van der Waals surface area contributed by atoms with E-state index in [4.69, 9.17) is 9.47 Å². The Morgan fingerprint density at radius 2 is 1.75 bits per heavy atom. The quantitative estimate of drug-likeness (QED) is 0.616. The Balaban J connectivity index is 2.59. The number of rotatable bonds is 6. The highest BCUT2D eigenvalue weighted by Gasteiger charge is 2.25. The van der Waals surface area contributed by atoms with Crippen molar-refractivity contribution < 1.29 is 23.9 Å². The van der Waals surface area contributed by atoms with Crippen molar-refractivity contribution in [2.45, 2.75) is 26.5 Å². The van der Waals surface area contributed by atoms with Crippen LogP contribution in [0.15, 0.2) is 24.3 Å². The molecular formula is C14H17NO5. The SMILES string of the molecule is COc1ccc(COC(=O)C(NC(C)=O)C(C)=O)cc1. The van der Waals surface area contributed by atoms with Crippen molar-refractivity contribution in [1.82, 2.24) is 5.32 Å². The van der Waals surface area contributed by atoms with Crippen molar-refractivity contribution in [1.29, 1.82) is 0 Å². The summed E-state index contributed by atoms with van der Waals surface area (Å²) in [5.74, 6) is -1.02. The highest BCUT2D eigenvalue weighted by atomic mass is 16.5. The van der Waals surface area contributed by atoms with Gasteiger partial charge in [-0.3, -0.25) is 9.59 Å². The third kappa shape index (κ3) is 4.72. The summed E-state index contributed by atoms with van der Waals surface area (Å²) in [6.07, 6.45) is 0. The largest absolute Gasteiger partial charge is 0.497 e. The van der Waals surface area contributed by atoms with Gasteiger partial charge in [0.1, 0.15) is 12.4 Å². The molecule has 0 saturated carbocycles. The highest BCUT2D eigenvalue weighted by Crippen LogP contribution is 2.12. The molecular weight excluding hydrogens is 262 g/mol. The predicted octanol–water partition coefficient (Wildman–Crippen LogP) is 0.832. The number of benzene rings is 1. The molecule has 20 heavy (non-hydrogen) atoms. The predicted molar refractivity (Wildman–Crippen MR) is 71.1 cm³/mol. The van der Waals surface area contributed by atoms with Crippen molar-refractivity contribution in [2.75, 3.05) is 7.11 Å². The zero-order chi connectivity index (χ0) is 15.1. The molecule has 0 fully saturated rings. The van der Waals surface area contributed by atoms with E-state index in [9.17, 15) is 14.4 Å². The molecule has 0 aromatic heterocycles. The fourth-order valence-electron chi connectivity index (χ4n) is 1.49. The Hall–Kier alpha value is -2.37. The summed E-state index contributed by atoms with van der Waals surface area (Å²) < 4.78 is 10.0. The third-order valence-electron chi connectivity index (χ3n) is 2.53. The van der Waals surface area contributed by atoms with E-state index in [1.807, 2.05) is 0 Å². The number of carbonyl (C=O) groups excluding carboxylic acids is 3. The van der Waals surface area contributed by atoms with Crippen LogP contribution in [0.1, 0.15) is 19.4 Å². The van der Waals surface area contributed by atoms with Crippen LogP contribution >= 0.6 is 0 Å². The summed E-state index contributed by atoms with van der Waals surface area (Å²) in [5, 5.41) is 2.25. The van der Waals surface area contributed by atoms with Gasteiger partial charge >= 0.3 is 5.97 Å². The normalized spacial score (nSPS) is 11.3. The lowest BCUT2D eigenvalue weighted by atomic mass is 10.2. The summed E-state index contributed by atoms with van der Waals surface area (Å²) in [4.78, 5) is 33.9.